The maximum absolute atomic E-state index is 13.2. The molecule has 4 fully saturated rings. The van der Waals surface area contributed by atoms with Gasteiger partial charge in [-0.05, 0) is 152 Å². The Morgan fingerprint density at radius 3 is 0.812 bits per heavy atom. The van der Waals surface area contributed by atoms with Crippen LogP contribution in [0.2, 0.25) is 20.1 Å². The number of fused-ring (bicyclic) bond motifs is 4. The van der Waals surface area contributed by atoms with Crippen molar-refractivity contribution in [3.8, 4) is 79.8 Å². The number of phosphoric acid groups is 2. The summed E-state index contributed by atoms with van der Waals surface area (Å²) in [6.07, 6.45) is -3.20. The molecule has 42 heteroatoms. The van der Waals surface area contributed by atoms with Crippen LogP contribution in [0, 0.1) is 0 Å². The molecule has 0 bridgehead atoms. The average molecular weight is 1920 g/mol. The van der Waals surface area contributed by atoms with E-state index in [2.05, 4.69) is 0 Å². The van der Waals surface area contributed by atoms with Gasteiger partial charge in [-0.25, -0.2) is 9.13 Å². The van der Waals surface area contributed by atoms with Gasteiger partial charge < -0.3 is 107 Å². The molecule has 12 aromatic rings. The molecular formula is C86H88Cl4N4O30P4. The maximum atomic E-state index is 13.2. The number of likely N-dealkylation sites (N-methyl/N-ethyl adjacent to an activating group) is 4. The number of aromatic hydroxyl groups is 4. The van der Waals surface area contributed by atoms with E-state index in [0.29, 0.717) is 107 Å². The molecule has 8 aromatic carbocycles. The van der Waals surface area contributed by atoms with Crippen LogP contribution < -0.4 is 30.8 Å². The fourth-order valence-electron chi connectivity index (χ4n) is 16.9. The number of likely N-dealkylation sites (tertiary alicyclic amines) is 4. The van der Waals surface area contributed by atoms with Gasteiger partial charge in [-0.3, -0.25) is 47.9 Å². The van der Waals surface area contributed by atoms with Gasteiger partial charge in [-0.1, -0.05) is 94.9 Å². The average Bonchev–Trinajstić information content (AvgIpc) is 0.758. The van der Waals surface area contributed by atoms with Crippen molar-refractivity contribution in [2.45, 2.75) is 86.1 Å². The highest BCUT2D eigenvalue weighted by Gasteiger charge is 2.41. The first kappa shape index (κ1) is 96.4. The van der Waals surface area contributed by atoms with E-state index in [1.165, 1.54) is 36.4 Å². The van der Waals surface area contributed by atoms with E-state index in [0.717, 1.165) is 12.1 Å². The molecule has 4 saturated heterocycles. The van der Waals surface area contributed by atoms with Crippen LogP contribution in [-0.2, 0) is 30.6 Å². The smallest absolute Gasteiger partial charge is 0.508 e. The topological polar surface area (TPSA) is 544 Å². The van der Waals surface area contributed by atoms with Crippen LogP contribution in [-0.4, -0.2) is 205 Å². The first-order valence-electron chi connectivity index (χ1n) is 39.6. The summed E-state index contributed by atoms with van der Waals surface area (Å²) in [5, 5.41) is 86.6. The summed E-state index contributed by atoms with van der Waals surface area (Å²) in [6.45, 7) is 3.77. The third-order valence-electron chi connectivity index (χ3n) is 22.5. The van der Waals surface area contributed by atoms with E-state index in [1.807, 2.05) is 47.8 Å². The highest BCUT2D eigenvalue weighted by Crippen LogP contribution is 2.54. The Balaban J connectivity index is 0.000000146. The second-order valence-electron chi connectivity index (χ2n) is 31.9. The van der Waals surface area contributed by atoms with Gasteiger partial charge in [-0.15, -0.1) is 0 Å². The third kappa shape index (κ3) is 22.0. The minimum atomic E-state index is -5.03. The van der Waals surface area contributed by atoms with Crippen molar-refractivity contribution in [2.24, 2.45) is 0 Å². The number of hydrogen-bond acceptors (Lipinski definition) is 26. The molecular weight excluding hydrogens is 1830 g/mol. The number of aliphatic hydroxyl groups excluding tert-OH is 4. The molecule has 8 heterocycles. The number of hydrogen-bond donors (Lipinski definition) is 16. The number of piperidine rings is 4. The molecule has 0 amide bonds. The van der Waals surface area contributed by atoms with Crippen LogP contribution in [0.1, 0.15) is 82.7 Å². The zero-order valence-electron chi connectivity index (χ0n) is 68.3. The van der Waals surface area contributed by atoms with Gasteiger partial charge in [0.1, 0.15) is 90.6 Å². The molecule has 34 nitrogen and oxygen atoms in total. The van der Waals surface area contributed by atoms with E-state index in [4.69, 9.17) is 73.1 Å². The van der Waals surface area contributed by atoms with Crippen LogP contribution >= 0.6 is 77.2 Å². The van der Waals surface area contributed by atoms with Gasteiger partial charge in [0.15, 0.2) is 21.7 Å². The normalized spacial score (nSPS) is 20.0. The Morgan fingerprint density at radius 1 is 0.344 bits per heavy atom. The summed E-state index contributed by atoms with van der Waals surface area (Å²) in [7, 11) is -11.7. The fraction of sp³-hybridized carbons (Fsp3) is 0.302. The van der Waals surface area contributed by atoms with Gasteiger partial charge in [0.25, 0.3) is 0 Å². The number of aliphatic hydroxyl groups is 4. The van der Waals surface area contributed by atoms with Gasteiger partial charge in [-0.2, -0.15) is 0 Å². The molecule has 4 aromatic heterocycles. The van der Waals surface area contributed by atoms with Crippen molar-refractivity contribution in [3.63, 3.8) is 0 Å². The molecule has 4 aliphatic heterocycles. The van der Waals surface area contributed by atoms with Crippen molar-refractivity contribution in [1.82, 2.24) is 19.6 Å². The Bertz CT molecular complexity index is 6230. The monoisotopic (exact) mass is 1920 g/mol. The molecule has 0 spiro atoms. The van der Waals surface area contributed by atoms with E-state index >= 15 is 0 Å². The van der Waals surface area contributed by atoms with Crippen molar-refractivity contribution in [1.29, 1.82) is 0 Å². The predicted molar refractivity (Wildman–Crippen MR) is 479 cm³/mol. The highest BCUT2D eigenvalue weighted by molar-refractivity contribution is 7.51. The number of phosphoric ester groups is 2. The van der Waals surface area contributed by atoms with Gasteiger partial charge in [0, 0.05) is 131 Å². The Labute approximate surface area is 747 Å². The molecule has 128 heavy (non-hydrogen) atoms. The lowest BCUT2D eigenvalue weighted by molar-refractivity contribution is 0.0629. The predicted octanol–water partition coefficient (Wildman–Crippen LogP) is 12.7. The van der Waals surface area contributed by atoms with Crippen LogP contribution in [0.15, 0.2) is 182 Å². The molecule has 0 saturated carbocycles. The minimum absolute atomic E-state index is 0.00414. The summed E-state index contributed by atoms with van der Waals surface area (Å²) >= 11 is 25.1. The molecule has 16 rings (SSSR count). The van der Waals surface area contributed by atoms with E-state index in [1.54, 1.807) is 97.1 Å². The van der Waals surface area contributed by atoms with Crippen molar-refractivity contribution in [3.05, 3.63) is 240 Å². The van der Waals surface area contributed by atoms with E-state index in [9.17, 15) is 117 Å². The van der Waals surface area contributed by atoms with Crippen LogP contribution in [0.4, 0.5) is 0 Å². The molecule has 0 aliphatic carbocycles. The first-order valence-corrected chi connectivity index (χ1v) is 47.7. The Morgan fingerprint density at radius 2 is 0.578 bits per heavy atom. The Kier molecular flexibility index (Phi) is 29.4. The molecule has 680 valence electrons. The number of β-amino-alcohol motifs (C(OH)–C–C–N with tert-alkyl or cyclic N) is 4. The van der Waals surface area contributed by atoms with Gasteiger partial charge >= 0.3 is 30.8 Å². The number of nitrogens with zero attached hydrogens (tertiary/aromatic N) is 4. The number of phenolic OH excluding ortho intramolecular Hbond substituents is 4. The molecule has 16 N–H and O–H groups in total. The van der Waals surface area contributed by atoms with Crippen molar-refractivity contribution >= 4 is 121 Å². The maximum Gasteiger partial charge on any atom is 0.524 e. The largest absolute Gasteiger partial charge is 0.524 e. The number of phenols is 4. The van der Waals surface area contributed by atoms with Crippen molar-refractivity contribution < 1.29 is 125 Å². The summed E-state index contributed by atoms with van der Waals surface area (Å²) in [6, 6.07) is 36.0. The number of rotatable bonds is 16. The van der Waals surface area contributed by atoms with Gasteiger partial charge in [0.05, 0.1) is 67.6 Å². The number of halogens is 4. The molecule has 0 radical (unpaired) electrons. The Hall–Kier alpha value is -9.16. The van der Waals surface area contributed by atoms with Crippen LogP contribution in [0.25, 0.3) is 89.2 Å². The van der Waals surface area contributed by atoms with E-state index < -0.39 is 124 Å². The standard InChI is InChI=1S/2C22H23ClNO7P.2C21H21ClNO8P/c2*1-24-7-6-14(18(27)10-24)21-16(25)8-12(11-32(28,29)30)20-17(26)9-19(31-22(20)21)13-4-2-3-5-15(13)23;2*1-23-7-6-12(16(26)10-23)19-18(31-32(27,28)29)9-15(25)20-14(24)8-17(30-21(19)20)11-4-2-3-5-13(11)22/h2*2-5,8-9,14,18,25,27H,6-7,10-11H2,1H3,(H2,28,29,30);2*2-5,8-9,12,16,25-26H,6-7,10H2,1H3,(H2,27,28,29)/t14-,18+;;12-,16+;/m0.0./s1. The first-order chi connectivity index (χ1) is 60.2. The zero-order valence-corrected chi connectivity index (χ0v) is 74.9. The van der Waals surface area contributed by atoms with Crippen molar-refractivity contribution in [2.75, 3.05) is 80.5 Å². The summed E-state index contributed by atoms with van der Waals surface area (Å²) in [4.78, 5) is 136. The molecule has 4 aliphatic rings. The third-order valence-corrected chi connectivity index (χ3v) is 26.2. The fourth-order valence-corrected chi connectivity index (χ4v) is 20.0. The summed E-state index contributed by atoms with van der Waals surface area (Å²) in [5.74, 6) is -4.28. The van der Waals surface area contributed by atoms with E-state index in [-0.39, 0.29) is 136 Å². The lowest BCUT2D eigenvalue weighted by Gasteiger charge is -2.34. The minimum Gasteiger partial charge on any atom is -0.508 e. The molecule has 8 atom stereocenters. The SMILES string of the molecule is CN1CCC(c2c(O)cc(CP(=O)(O)O)c3c(=O)cc(-c4ccccc4Cl)oc23)C(O)C1.CN1CCC(c2c(OP(=O)(O)O)cc(O)c3c(=O)cc(-c4ccccc4Cl)oc23)C(O)C1.CN1CC[C@H](c2c(O)cc(CP(=O)(O)O)c3c(=O)cc(-c4ccccc4Cl)oc23)[C@H](O)C1.CN1CC[C@H](c2c(OP(=O)(O)O)cc(O)c3c(=O)cc(-c4ccccc4Cl)oc23)[C@H](O)C1. The highest BCUT2D eigenvalue weighted by atomic mass is 35.5. The van der Waals surface area contributed by atoms with Gasteiger partial charge in [0.2, 0.25) is 0 Å². The number of benzene rings is 8. The lowest BCUT2D eigenvalue weighted by Crippen LogP contribution is -2.40. The van der Waals surface area contributed by atoms with Crippen LogP contribution in [0.5, 0.6) is 34.5 Å². The second kappa shape index (κ2) is 39.1. The second-order valence-corrected chi connectivity index (χ2v) is 39.1. The zero-order chi connectivity index (χ0) is 92.8. The van der Waals surface area contributed by atoms with Crippen LogP contribution in [0.3, 0.4) is 0 Å². The summed E-state index contributed by atoms with van der Waals surface area (Å²) < 4.78 is 80.5. The lowest BCUT2D eigenvalue weighted by atomic mass is 9.84. The quantitative estimate of drug-likeness (QED) is 0.0400. The molecule has 4 unspecified atom stereocenters. The summed E-state index contributed by atoms with van der Waals surface area (Å²) in [5.41, 5.74) is 0.00800.